The van der Waals surface area contributed by atoms with Crippen molar-refractivity contribution < 1.29 is 4.52 Å². The highest BCUT2D eigenvalue weighted by atomic mass is 35.5. The third kappa shape index (κ3) is 3.98. The Morgan fingerprint density at radius 3 is 3.05 bits per heavy atom. The Kier molecular flexibility index (Phi) is 4.58. The summed E-state index contributed by atoms with van der Waals surface area (Å²) in [7, 11) is 1.77. The van der Waals surface area contributed by atoms with Crippen molar-refractivity contribution in [3.05, 3.63) is 35.2 Å². The molecule has 0 aliphatic heterocycles. The number of rotatable bonds is 5. The minimum Gasteiger partial charge on any atom is -0.356 e. The van der Waals surface area contributed by atoms with Gasteiger partial charge in [-0.25, -0.2) is 0 Å². The van der Waals surface area contributed by atoms with Crippen LogP contribution in [0.1, 0.15) is 18.7 Å². The summed E-state index contributed by atoms with van der Waals surface area (Å²) in [6.45, 7) is 0.684. The van der Waals surface area contributed by atoms with Crippen LogP contribution in [-0.2, 0) is 6.42 Å². The van der Waals surface area contributed by atoms with Crippen LogP contribution in [0.3, 0.4) is 0 Å². The number of nitrogens with one attached hydrogen (secondary N) is 2. The van der Waals surface area contributed by atoms with Gasteiger partial charge in [-0.05, 0) is 25.0 Å². The molecule has 22 heavy (non-hydrogen) atoms. The molecule has 1 aromatic carbocycles. The highest BCUT2D eigenvalue weighted by Gasteiger charge is 2.22. The monoisotopic (exact) mass is 319 g/mol. The molecule has 1 aliphatic rings. The van der Waals surface area contributed by atoms with Gasteiger partial charge in [0.15, 0.2) is 5.96 Å². The molecule has 7 heteroatoms. The van der Waals surface area contributed by atoms with E-state index in [4.69, 9.17) is 16.1 Å². The van der Waals surface area contributed by atoms with Crippen molar-refractivity contribution in [3.8, 4) is 11.4 Å². The number of halogens is 1. The van der Waals surface area contributed by atoms with Gasteiger partial charge in [-0.1, -0.05) is 28.9 Å². The van der Waals surface area contributed by atoms with Gasteiger partial charge in [0, 0.05) is 36.6 Å². The summed E-state index contributed by atoms with van der Waals surface area (Å²) in [5, 5.41) is 11.2. The quantitative estimate of drug-likeness (QED) is 0.653. The van der Waals surface area contributed by atoms with Gasteiger partial charge in [-0.3, -0.25) is 4.99 Å². The van der Waals surface area contributed by atoms with Crippen molar-refractivity contribution in [3.63, 3.8) is 0 Å². The second kappa shape index (κ2) is 6.79. The van der Waals surface area contributed by atoms with Gasteiger partial charge in [0.05, 0.1) is 0 Å². The molecular weight excluding hydrogens is 302 g/mol. The van der Waals surface area contributed by atoms with Crippen molar-refractivity contribution in [1.82, 2.24) is 20.8 Å². The largest absolute Gasteiger partial charge is 0.356 e. The smallest absolute Gasteiger partial charge is 0.228 e. The Labute approximate surface area is 134 Å². The topological polar surface area (TPSA) is 75.3 Å². The fourth-order valence-corrected chi connectivity index (χ4v) is 2.20. The maximum atomic E-state index is 5.97. The molecule has 1 aromatic heterocycles. The van der Waals surface area contributed by atoms with Crippen LogP contribution in [0.25, 0.3) is 11.4 Å². The van der Waals surface area contributed by atoms with Gasteiger partial charge in [0.1, 0.15) is 0 Å². The van der Waals surface area contributed by atoms with Crippen molar-refractivity contribution in [2.45, 2.75) is 25.3 Å². The number of hydrogen-bond acceptors (Lipinski definition) is 4. The molecule has 0 atom stereocenters. The van der Waals surface area contributed by atoms with E-state index in [1.807, 2.05) is 24.3 Å². The van der Waals surface area contributed by atoms with E-state index in [9.17, 15) is 0 Å². The van der Waals surface area contributed by atoms with Crippen LogP contribution >= 0.6 is 11.6 Å². The Bertz CT molecular complexity index is 665. The van der Waals surface area contributed by atoms with Gasteiger partial charge < -0.3 is 15.2 Å². The van der Waals surface area contributed by atoms with Crippen molar-refractivity contribution >= 4 is 17.6 Å². The van der Waals surface area contributed by atoms with Crippen molar-refractivity contribution in [2.24, 2.45) is 4.99 Å². The molecule has 0 unspecified atom stereocenters. The maximum Gasteiger partial charge on any atom is 0.228 e. The lowest BCUT2D eigenvalue weighted by molar-refractivity contribution is 0.378. The van der Waals surface area contributed by atoms with Gasteiger partial charge in [0.25, 0.3) is 0 Å². The number of aromatic nitrogens is 2. The zero-order valence-corrected chi connectivity index (χ0v) is 13.1. The van der Waals surface area contributed by atoms with Gasteiger partial charge in [-0.15, -0.1) is 0 Å². The summed E-state index contributed by atoms with van der Waals surface area (Å²) in [6.07, 6.45) is 3.07. The maximum absolute atomic E-state index is 5.97. The summed E-state index contributed by atoms with van der Waals surface area (Å²) < 4.78 is 5.26. The molecule has 3 rings (SSSR count). The zero-order chi connectivity index (χ0) is 15.4. The van der Waals surface area contributed by atoms with Crippen LogP contribution in [0.5, 0.6) is 0 Å². The molecule has 1 saturated carbocycles. The molecule has 6 nitrogen and oxygen atoms in total. The number of aliphatic imine (C=N–C) groups is 1. The predicted octanol–water partition coefficient (Wildman–Crippen LogP) is 2.26. The van der Waals surface area contributed by atoms with Crippen LogP contribution in [0.4, 0.5) is 0 Å². The number of benzene rings is 1. The van der Waals surface area contributed by atoms with Crippen LogP contribution in [-0.4, -0.2) is 35.7 Å². The van der Waals surface area contributed by atoms with Gasteiger partial charge in [0.2, 0.25) is 11.7 Å². The SMILES string of the molecule is CN=C(NCCc1nc(-c2cccc(Cl)c2)no1)NC1CC1. The van der Waals surface area contributed by atoms with Crippen LogP contribution in [0, 0.1) is 0 Å². The van der Waals surface area contributed by atoms with E-state index in [1.165, 1.54) is 12.8 Å². The minimum atomic E-state index is 0.554. The van der Waals surface area contributed by atoms with Gasteiger partial charge in [-0.2, -0.15) is 4.98 Å². The standard InChI is InChI=1S/C15H18ClN5O/c1-17-15(19-12-5-6-12)18-8-7-13-20-14(21-22-13)10-3-2-4-11(16)9-10/h2-4,9,12H,5-8H2,1H3,(H2,17,18,19). The van der Waals surface area contributed by atoms with Gasteiger partial charge >= 0.3 is 0 Å². The molecule has 0 saturated heterocycles. The first-order chi connectivity index (χ1) is 10.7. The first-order valence-electron chi connectivity index (χ1n) is 7.30. The molecule has 2 aromatic rings. The third-order valence-corrected chi connectivity index (χ3v) is 3.56. The third-order valence-electron chi connectivity index (χ3n) is 3.32. The summed E-state index contributed by atoms with van der Waals surface area (Å²) in [4.78, 5) is 8.56. The minimum absolute atomic E-state index is 0.554. The Balaban J connectivity index is 1.53. The molecule has 0 spiro atoms. The van der Waals surface area contributed by atoms with Crippen LogP contribution < -0.4 is 10.6 Å². The summed E-state index contributed by atoms with van der Waals surface area (Å²) in [6, 6.07) is 7.97. The molecule has 0 radical (unpaired) electrons. The highest BCUT2D eigenvalue weighted by Crippen LogP contribution is 2.20. The molecule has 0 bridgehead atoms. The fourth-order valence-electron chi connectivity index (χ4n) is 2.00. The molecule has 2 N–H and O–H groups in total. The Morgan fingerprint density at radius 1 is 1.45 bits per heavy atom. The molecular formula is C15H18ClN5O. The second-order valence-corrected chi connectivity index (χ2v) is 5.63. The second-order valence-electron chi connectivity index (χ2n) is 5.19. The predicted molar refractivity (Wildman–Crippen MR) is 86.0 cm³/mol. The van der Waals surface area contributed by atoms with Crippen LogP contribution in [0.15, 0.2) is 33.8 Å². The average molecular weight is 320 g/mol. The van der Waals surface area contributed by atoms with E-state index in [-0.39, 0.29) is 0 Å². The molecule has 1 fully saturated rings. The van der Waals surface area contributed by atoms with Crippen molar-refractivity contribution in [2.75, 3.05) is 13.6 Å². The number of hydrogen-bond donors (Lipinski definition) is 2. The van der Waals surface area contributed by atoms with Crippen LogP contribution in [0.2, 0.25) is 5.02 Å². The molecule has 0 amide bonds. The lowest BCUT2D eigenvalue weighted by Crippen LogP contribution is -2.39. The lowest BCUT2D eigenvalue weighted by Gasteiger charge is -2.09. The number of guanidine groups is 1. The molecule has 1 aliphatic carbocycles. The summed E-state index contributed by atoms with van der Waals surface area (Å²) in [5.41, 5.74) is 0.849. The fraction of sp³-hybridized carbons (Fsp3) is 0.400. The Hall–Kier alpha value is -2.08. The zero-order valence-electron chi connectivity index (χ0n) is 12.3. The van der Waals surface area contributed by atoms with Crippen molar-refractivity contribution in [1.29, 1.82) is 0 Å². The van der Waals surface area contributed by atoms with E-state index in [0.29, 0.717) is 35.7 Å². The van der Waals surface area contributed by atoms with E-state index in [1.54, 1.807) is 7.05 Å². The first-order valence-corrected chi connectivity index (χ1v) is 7.68. The van der Waals surface area contributed by atoms with E-state index in [0.717, 1.165) is 11.5 Å². The summed E-state index contributed by atoms with van der Waals surface area (Å²) in [5.74, 6) is 1.96. The van der Waals surface area contributed by atoms with E-state index < -0.39 is 0 Å². The summed E-state index contributed by atoms with van der Waals surface area (Å²) >= 11 is 5.97. The molecule has 116 valence electrons. The first kappa shape index (κ1) is 14.8. The highest BCUT2D eigenvalue weighted by molar-refractivity contribution is 6.30. The lowest BCUT2D eigenvalue weighted by atomic mass is 10.2. The normalized spacial score (nSPS) is 14.9. The molecule has 1 heterocycles. The van der Waals surface area contributed by atoms with E-state index >= 15 is 0 Å². The number of nitrogens with zero attached hydrogens (tertiary/aromatic N) is 3. The van der Waals surface area contributed by atoms with E-state index in [2.05, 4.69) is 25.8 Å². The Morgan fingerprint density at radius 2 is 2.32 bits per heavy atom. The average Bonchev–Trinajstić information content (AvgIpc) is 3.21.